The number of rotatable bonds is 3. The highest BCUT2D eigenvalue weighted by Gasteiger charge is 2.43. The molecule has 60 valence electrons. The lowest BCUT2D eigenvalue weighted by atomic mass is 10.0. The van der Waals surface area contributed by atoms with Crippen molar-refractivity contribution in [1.29, 1.82) is 0 Å². The van der Waals surface area contributed by atoms with Crippen LogP contribution in [0.15, 0.2) is 0 Å². The van der Waals surface area contributed by atoms with Gasteiger partial charge in [-0.2, -0.15) is 0 Å². The molecule has 0 amide bonds. The van der Waals surface area contributed by atoms with Crippen molar-refractivity contribution in [2.45, 2.75) is 45.5 Å². The van der Waals surface area contributed by atoms with E-state index in [1.165, 1.54) is 0 Å². The Labute approximate surface area is 62.2 Å². The summed E-state index contributed by atoms with van der Waals surface area (Å²) in [6.07, 6.45) is 1.22. The minimum Gasteiger partial charge on any atom is -0.390 e. The lowest BCUT2D eigenvalue weighted by molar-refractivity contribution is 0.0922. The van der Waals surface area contributed by atoms with Crippen molar-refractivity contribution >= 4 is 0 Å². The van der Waals surface area contributed by atoms with Crippen LogP contribution in [-0.4, -0.2) is 23.4 Å². The van der Waals surface area contributed by atoms with Crippen LogP contribution in [0.5, 0.6) is 0 Å². The Hall–Kier alpha value is -0.0800. The molecular weight excluding hydrogens is 128 g/mol. The molecule has 1 aliphatic rings. The van der Waals surface area contributed by atoms with E-state index in [2.05, 4.69) is 6.92 Å². The Morgan fingerprint density at radius 3 is 2.40 bits per heavy atom. The van der Waals surface area contributed by atoms with Crippen LogP contribution in [0.3, 0.4) is 0 Å². The maximum atomic E-state index is 9.44. The van der Waals surface area contributed by atoms with E-state index in [9.17, 15) is 5.11 Å². The van der Waals surface area contributed by atoms with Gasteiger partial charge in [0, 0.05) is 0 Å². The van der Waals surface area contributed by atoms with Gasteiger partial charge in [-0.25, -0.2) is 0 Å². The molecule has 3 unspecified atom stereocenters. The van der Waals surface area contributed by atoms with E-state index in [-0.39, 0.29) is 12.2 Å². The molecule has 1 fully saturated rings. The van der Waals surface area contributed by atoms with Crippen LogP contribution in [-0.2, 0) is 4.74 Å². The summed E-state index contributed by atoms with van der Waals surface area (Å²) in [5.74, 6) is 0.321. The Morgan fingerprint density at radius 1 is 1.50 bits per heavy atom. The molecule has 1 heterocycles. The van der Waals surface area contributed by atoms with Crippen LogP contribution < -0.4 is 0 Å². The highest BCUT2D eigenvalue weighted by atomic mass is 16.6. The van der Waals surface area contributed by atoms with Gasteiger partial charge in [0.15, 0.2) is 0 Å². The van der Waals surface area contributed by atoms with Gasteiger partial charge in [0.1, 0.15) is 6.10 Å². The van der Waals surface area contributed by atoms with Gasteiger partial charge in [0.05, 0.1) is 12.2 Å². The molecule has 1 rings (SSSR count). The summed E-state index contributed by atoms with van der Waals surface area (Å²) in [6.45, 7) is 6.11. The Balaban J connectivity index is 2.25. The van der Waals surface area contributed by atoms with E-state index < -0.39 is 0 Å². The predicted octanol–water partition coefficient (Wildman–Crippen LogP) is 1.18. The second-order valence-corrected chi connectivity index (χ2v) is 3.28. The molecule has 1 aliphatic heterocycles. The zero-order valence-electron chi connectivity index (χ0n) is 6.87. The SMILES string of the molecule is CCC1OC1C(O)C(C)C. The molecular formula is C8H16O2. The highest BCUT2D eigenvalue weighted by Crippen LogP contribution is 2.30. The lowest BCUT2D eigenvalue weighted by Gasteiger charge is -2.10. The third kappa shape index (κ3) is 1.50. The second kappa shape index (κ2) is 2.89. The zero-order valence-corrected chi connectivity index (χ0v) is 6.87. The number of hydrogen-bond donors (Lipinski definition) is 1. The number of epoxide rings is 1. The Morgan fingerprint density at radius 2 is 2.10 bits per heavy atom. The van der Waals surface area contributed by atoms with Crippen LogP contribution in [0.2, 0.25) is 0 Å². The molecule has 0 spiro atoms. The van der Waals surface area contributed by atoms with E-state index in [4.69, 9.17) is 4.74 Å². The fourth-order valence-corrected chi connectivity index (χ4v) is 1.16. The molecule has 0 radical (unpaired) electrons. The van der Waals surface area contributed by atoms with Gasteiger partial charge >= 0.3 is 0 Å². The smallest absolute Gasteiger partial charge is 0.110 e. The summed E-state index contributed by atoms with van der Waals surface area (Å²) >= 11 is 0. The van der Waals surface area contributed by atoms with Gasteiger partial charge in [0.2, 0.25) is 0 Å². The maximum absolute atomic E-state index is 9.44. The first-order valence-corrected chi connectivity index (χ1v) is 4.00. The molecule has 2 heteroatoms. The maximum Gasteiger partial charge on any atom is 0.110 e. The van der Waals surface area contributed by atoms with Crippen molar-refractivity contribution in [1.82, 2.24) is 0 Å². The molecule has 0 bridgehead atoms. The highest BCUT2D eigenvalue weighted by molar-refractivity contribution is 4.90. The van der Waals surface area contributed by atoms with Crippen LogP contribution >= 0.6 is 0 Å². The topological polar surface area (TPSA) is 32.8 Å². The van der Waals surface area contributed by atoms with Crippen molar-refractivity contribution in [3.05, 3.63) is 0 Å². The third-order valence-electron chi connectivity index (χ3n) is 2.04. The molecule has 3 atom stereocenters. The average molecular weight is 144 g/mol. The van der Waals surface area contributed by atoms with Crippen LogP contribution in [0.4, 0.5) is 0 Å². The first-order valence-electron chi connectivity index (χ1n) is 4.00. The van der Waals surface area contributed by atoms with Gasteiger partial charge in [-0.15, -0.1) is 0 Å². The normalized spacial score (nSPS) is 34.5. The summed E-state index contributed by atoms with van der Waals surface area (Å²) in [4.78, 5) is 0. The standard InChI is InChI=1S/C8H16O2/c1-4-6-8(10-6)7(9)5(2)3/h5-9H,4H2,1-3H3. The van der Waals surface area contributed by atoms with Gasteiger partial charge in [-0.1, -0.05) is 20.8 Å². The first kappa shape index (κ1) is 8.02. The second-order valence-electron chi connectivity index (χ2n) is 3.28. The molecule has 1 N–H and O–H groups in total. The summed E-state index contributed by atoms with van der Waals surface area (Å²) in [5.41, 5.74) is 0. The van der Waals surface area contributed by atoms with Gasteiger partial charge in [-0.05, 0) is 12.3 Å². The molecule has 1 saturated heterocycles. The molecule has 0 aromatic carbocycles. The van der Waals surface area contributed by atoms with Crippen molar-refractivity contribution in [3.63, 3.8) is 0 Å². The first-order chi connectivity index (χ1) is 4.66. The van der Waals surface area contributed by atoms with Crippen molar-refractivity contribution in [2.75, 3.05) is 0 Å². The van der Waals surface area contributed by atoms with E-state index in [1.54, 1.807) is 0 Å². The number of aliphatic hydroxyl groups is 1. The van der Waals surface area contributed by atoms with Gasteiger partial charge < -0.3 is 9.84 Å². The zero-order chi connectivity index (χ0) is 7.72. The van der Waals surface area contributed by atoms with Crippen molar-refractivity contribution in [3.8, 4) is 0 Å². The van der Waals surface area contributed by atoms with Crippen LogP contribution in [0.1, 0.15) is 27.2 Å². The van der Waals surface area contributed by atoms with Crippen LogP contribution in [0, 0.1) is 5.92 Å². The predicted molar refractivity (Wildman–Crippen MR) is 39.8 cm³/mol. The molecule has 2 nitrogen and oxygen atoms in total. The number of aliphatic hydroxyl groups excluding tert-OH is 1. The minimum atomic E-state index is -0.259. The molecule has 0 aromatic rings. The van der Waals surface area contributed by atoms with E-state index in [1.807, 2.05) is 13.8 Å². The summed E-state index contributed by atoms with van der Waals surface area (Å²) in [7, 11) is 0. The van der Waals surface area contributed by atoms with E-state index in [0.29, 0.717) is 12.0 Å². The monoisotopic (exact) mass is 144 g/mol. The van der Waals surface area contributed by atoms with Crippen LogP contribution in [0.25, 0.3) is 0 Å². The molecule has 0 aromatic heterocycles. The molecule has 0 saturated carbocycles. The third-order valence-corrected chi connectivity index (χ3v) is 2.04. The van der Waals surface area contributed by atoms with E-state index >= 15 is 0 Å². The van der Waals surface area contributed by atoms with Crippen molar-refractivity contribution in [2.24, 2.45) is 5.92 Å². The summed E-state index contributed by atoms with van der Waals surface area (Å²) in [5, 5.41) is 9.44. The molecule has 0 aliphatic carbocycles. The fourth-order valence-electron chi connectivity index (χ4n) is 1.16. The summed E-state index contributed by atoms with van der Waals surface area (Å²) in [6, 6.07) is 0. The Bertz CT molecular complexity index is 112. The molecule has 10 heavy (non-hydrogen) atoms. The van der Waals surface area contributed by atoms with Gasteiger partial charge in [0.25, 0.3) is 0 Å². The fraction of sp³-hybridized carbons (Fsp3) is 1.00. The number of hydrogen-bond acceptors (Lipinski definition) is 2. The van der Waals surface area contributed by atoms with Gasteiger partial charge in [-0.3, -0.25) is 0 Å². The lowest BCUT2D eigenvalue weighted by Crippen LogP contribution is -2.22. The average Bonchev–Trinajstić information content (AvgIpc) is 2.64. The minimum absolute atomic E-state index is 0.130. The summed E-state index contributed by atoms with van der Waals surface area (Å²) < 4.78 is 5.24. The quantitative estimate of drug-likeness (QED) is 0.603. The van der Waals surface area contributed by atoms with Crippen molar-refractivity contribution < 1.29 is 9.84 Å². The largest absolute Gasteiger partial charge is 0.390 e. The Kier molecular flexibility index (Phi) is 2.32. The van der Waals surface area contributed by atoms with E-state index in [0.717, 1.165) is 6.42 Å². The number of ether oxygens (including phenoxy) is 1.